The summed E-state index contributed by atoms with van der Waals surface area (Å²) in [6.45, 7) is 7.07. The molecule has 28 heavy (non-hydrogen) atoms. The largest absolute Gasteiger partial charge is 0.333 e. The van der Waals surface area contributed by atoms with Gasteiger partial charge in [-0.15, -0.1) is 0 Å². The molecule has 0 aliphatic heterocycles. The van der Waals surface area contributed by atoms with Gasteiger partial charge < -0.3 is 30.8 Å². The maximum absolute atomic E-state index is 11.3. The molecule has 0 rings (SSSR count). The molecule has 0 aromatic heterocycles. The topological polar surface area (TPSA) is 164 Å². The summed E-state index contributed by atoms with van der Waals surface area (Å²) < 4.78 is 0. The van der Waals surface area contributed by atoms with Gasteiger partial charge in [0.15, 0.2) is 0 Å². The minimum absolute atomic E-state index is 0.0690. The van der Waals surface area contributed by atoms with E-state index in [2.05, 4.69) is 0 Å². The molecule has 12 nitrogen and oxygen atoms in total. The number of hydrogen-bond acceptors (Lipinski definition) is 12. The summed E-state index contributed by atoms with van der Waals surface area (Å²) in [4.78, 5) is 64.7. The van der Waals surface area contributed by atoms with Crippen LogP contribution in [-0.2, 0) is 38.5 Å². The second kappa shape index (κ2) is 18.1. The van der Waals surface area contributed by atoms with Crippen LogP contribution < -0.4 is 11.5 Å². The molecule has 0 aliphatic carbocycles. The first-order valence-electron chi connectivity index (χ1n) is 9.05. The summed E-state index contributed by atoms with van der Waals surface area (Å²) >= 11 is 0. The fourth-order valence-electron chi connectivity index (χ4n) is 1.10. The number of nitrogens with two attached hydrogens (primary N) is 2. The fourth-order valence-corrected chi connectivity index (χ4v) is 1.10. The summed E-state index contributed by atoms with van der Waals surface area (Å²) in [7, 11) is 0. The second-order valence-corrected chi connectivity index (χ2v) is 4.96. The third-order valence-electron chi connectivity index (χ3n) is 2.60. The highest BCUT2D eigenvalue weighted by Gasteiger charge is 2.21. The number of hydrogen-bond donors (Lipinski definition) is 2. The van der Waals surface area contributed by atoms with Crippen molar-refractivity contribution in [1.29, 1.82) is 0 Å². The third-order valence-corrected chi connectivity index (χ3v) is 2.60. The van der Waals surface area contributed by atoms with Crippen molar-refractivity contribution in [3.8, 4) is 0 Å². The summed E-state index contributed by atoms with van der Waals surface area (Å²) in [6, 6.07) is 0. The summed E-state index contributed by atoms with van der Waals surface area (Å²) in [5.41, 5.74) is 9.81. The Bertz CT molecular complexity index is 398. The highest BCUT2D eigenvalue weighted by Crippen LogP contribution is 2.03. The smallest absolute Gasteiger partial charge is 0.328 e. The van der Waals surface area contributed by atoms with E-state index in [4.69, 9.17) is 30.8 Å². The van der Waals surface area contributed by atoms with Crippen LogP contribution in [0.4, 0.5) is 0 Å². The summed E-state index contributed by atoms with van der Waals surface area (Å²) in [5, 5.41) is 1.31. The Morgan fingerprint density at radius 3 is 0.929 bits per heavy atom. The van der Waals surface area contributed by atoms with E-state index in [1.165, 1.54) is 0 Å². The van der Waals surface area contributed by atoms with Gasteiger partial charge in [0.25, 0.3) is 0 Å². The lowest BCUT2D eigenvalue weighted by atomic mass is 10.5. The SMILES string of the molecule is CCC(=O)ON(CCN(OC(=O)CC)OC(=O)CC)OC(=O)CC.NCCN. The fraction of sp³-hybridized carbons (Fsp3) is 0.750. The minimum Gasteiger partial charge on any atom is -0.333 e. The van der Waals surface area contributed by atoms with Gasteiger partial charge in [0, 0.05) is 49.2 Å². The van der Waals surface area contributed by atoms with Crippen LogP contribution in [0.5, 0.6) is 0 Å². The monoisotopic (exact) mass is 408 g/mol. The Balaban J connectivity index is 0. The van der Waals surface area contributed by atoms with Gasteiger partial charge in [-0.2, -0.15) is 0 Å². The highest BCUT2D eigenvalue weighted by atomic mass is 17.0. The van der Waals surface area contributed by atoms with Crippen molar-refractivity contribution in [1.82, 2.24) is 10.5 Å². The van der Waals surface area contributed by atoms with Crippen molar-refractivity contribution >= 4 is 23.9 Å². The molecule has 0 aliphatic rings. The molecular formula is C16H32N4O8. The molecule has 12 heteroatoms. The maximum atomic E-state index is 11.3. The van der Waals surface area contributed by atoms with Crippen molar-refractivity contribution in [2.75, 3.05) is 26.2 Å². The molecule has 0 heterocycles. The number of carbonyl (C=O) groups excluding carboxylic acids is 4. The van der Waals surface area contributed by atoms with Gasteiger partial charge >= 0.3 is 23.9 Å². The van der Waals surface area contributed by atoms with Gasteiger partial charge in [0.05, 0.1) is 13.1 Å². The molecule has 0 spiro atoms. The molecule has 0 fully saturated rings. The predicted octanol–water partition coefficient (Wildman–Crippen LogP) is -0.0330. The molecule has 0 bridgehead atoms. The van der Waals surface area contributed by atoms with Crippen LogP contribution in [0, 0.1) is 0 Å². The van der Waals surface area contributed by atoms with Crippen molar-refractivity contribution in [3.63, 3.8) is 0 Å². The van der Waals surface area contributed by atoms with Crippen LogP contribution in [0.2, 0.25) is 0 Å². The van der Waals surface area contributed by atoms with Gasteiger partial charge in [-0.05, 0) is 0 Å². The van der Waals surface area contributed by atoms with E-state index in [0.717, 1.165) is 0 Å². The summed E-state index contributed by atoms with van der Waals surface area (Å²) in [6.07, 6.45) is 0.276. The van der Waals surface area contributed by atoms with Crippen LogP contribution in [-0.4, -0.2) is 60.5 Å². The standard InChI is InChI=1S/C14H24N2O8.C2H8N2/c1-5-11(17)21-15(22-12(18)6-2)9-10-16(23-13(19)7-3)24-14(20)8-4;3-1-2-4/h5-10H2,1-4H3;1-4H2. The molecule has 0 saturated carbocycles. The zero-order chi connectivity index (χ0) is 21.9. The first-order chi connectivity index (χ1) is 13.3. The van der Waals surface area contributed by atoms with Crippen molar-refractivity contribution in [2.24, 2.45) is 11.5 Å². The minimum atomic E-state index is -0.624. The molecule has 0 aromatic carbocycles. The van der Waals surface area contributed by atoms with E-state index >= 15 is 0 Å². The van der Waals surface area contributed by atoms with E-state index < -0.39 is 23.9 Å². The number of rotatable bonds is 12. The molecule has 0 unspecified atom stereocenters. The molecule has 0 amide bonds. The molecular weight excluding hydrogens is 376 g/mol. The predicted molar refractivity (Wildman–Crippen MR) is 97.1 cm³/mol. The van der Waals surface area contributed by atoms with E-state index in [0.29, 0.717) is 23.5 Å². The van der Waals surface area contributed by atoms with Crippen LogP contribution >= 0.6 is 0 Å². The lowest BCUT2D eigenvalue weighted by Crippen LogP contribution is -2.39. The maximum Gasteiger partial charge on any atom is 0.328 e. The lowest BCUT2D eigenvalue weighted by molar-refractivity contribution is -0.356. The molecule has 0 radical (unpaired) electrons. The quantitative estimate of drug-likeness (QED) is 0.415. The average Bonchev–Trinajstić information content (AvgIpc) is 2.71. The van der Waals surface area contributed by atoms with Gasteiger partial charge in [0.1, 0.15) is 0 Å². The van der Waals surface area contributed by atoms with Crippen molar-refractivity contribution in [3.05, 3.63) is 0 Å². The zero-order valence-electron chi connectivity index (χ0n) is 17.0. The molecule has 4 N–H and O–H groups in total. The van der Waals surface area contributed by atoms with Crippen LogP contribution in [0.3, 0.4) is 0 Å². The van der Waals surface area contributed by atoms with Crippen LogP contribution in [0.1, 0.15) is 53.4 Å². The van der Waals surface area contributed by atoms with Gasteiger partial charge in [-0.3, -0.25) is 19.2 Å². The first-order valence-corrected chi connectivity index (χ1v) is 9.05. The Morgan fingerprint density at radius 2 is 0.786 bits per heavy atom. The van der Waals surface area contributed by atoms with Crippen LogP contribution in [0.15, 0.2) is 0 Å². The van der Waals surface area contributed by atoms with Crippen LogP contribution in [0.25, 0.3) is 0 Å². The lowest BCUT2D eigenvalue weighted by Gasteiger charge is -2.23. The molecule has 0 atom stereocenters. The van der Waals surface area contributed by atoms with E-state index in [9.17, 15) is 19.2 Å². The average molecular weight is 408 g/mol. The number of hydroxylamine groups is 4. The van der Waals surface area contributed by atoms with Gasteiger partial charge in [-0.25, -0.2) is 0 Å². The molecule has 0 aromatic rings. The van der Waals surface area contributed by atoms with E-state index in [1.807, 2.05) is 0 Å². The van der Waals surface area contributed by atoms with E-state index in [-0.39, 0.29) is 38.8 Å². The Hall–Kier alpha value is -2.28. The Labute approximate surface area is 164 Å². The first kappa shape index (κ1) is 27.9. The normalized spacial score (nSPS) is 10.0. The third kappa shape index (κ3) is 15.9. The summed E-state index contributed by atoms with van der Waals surface area (Å²) in [5.74, 6) is -2.49. The Morgan fingerprint density at radius 1 is 0.571 bits per heavy atom. The Kier molecular flexibility index (Phi) is 18.1. The molecule has 164 valence electrons. The van der Waals surface area contributed by atoms with Gasteiger partial charge in [0.2, 0.25) is 0 Å². The van der Waals surface area contributed by atoms with Crippen molar-refractivity contribution in [2.45, 2.75) is 53.4 Å². The number of nitrogens with zero attached hydrogens (tertiary/aromatic N) is 2. The van der Waals surface area contributed by atoms with Crippen molar-refractivity contribution < 1.29 is 38.5 Å². The van der Waals surface area contributed by atoms with Gasteiger partial charge in [-0.1, -0.05) is 27.7 Å². The number of carbonyl (C=O) groups is 4. The van der Waals surface area contributed by atoms with E-state index in [1.54, 1.807) is 27.7 Å². The second-order valence-electron chi connectivity index (χ2n) is 4.96. The zero-order valence-corrected chi connectivity index (χ0v) is 17.0. The highest BCUT2D eigenvalue weighted by molar-refractivity contribution is 5.70. The molecule has 0 saturated heterocycles.